The first-order valence-corrected chi connectivity index (χ1v) is 6.46. The van der Waals surface area contributed by atoms with Crippen LogP contribution in [0, 0.1) is 0 Å². The molecule has 0 bridgehead atoms. The number of phenols is 2. The average molecular weight is 306 g/mol. The van der Waals surface area contributed by atoms with E-state index in [0.29, 0.717) is 34.1 Å². The van der Waals surface area contributed by atoms with E-state index in [0.717, 1.165) is 0 Å². The summed E-state index contributed by atoms with van der Waals surface area (Å²) in [5.41, 5.74) is 0.612. The van der Waals surface area contributed by atoms with Crippen molar-refractivity contribution in [3.05, 3.63) is 24.3 Å². The lowest BCUT2D eigenvalue weighted by Crippen LogP contribution is -1.95. The fourth-order valence-electron chi connectivity index (χ4n) is 2.21. The first-order valence-electron chi connectivity index (χ1n) is 6.46. The smallest absolute Gasteiger partial charge is 0.134 e. The largest absolute Gasteiger partial charge is 0.507 e. The molecule has 2 aromatic rings. The minimum Gasteiger partial charge on any atom is -0.507 e. The van der Waals surface area contributed by atoms with E-state index in [4.69, 9.17) is 18.9 Å². The zero-order valence-electron chi connectivity index (χ0n) is 12.8. The maximum absolute atomic E-state index is 10.3. The Bertz CT molecular complexity index is 621. The van der Waals surface area contributed by atoms with Crippen molar-refractivity contribution >= 4 is 0 Å². The summed E-state index contributed by atoms with van der Waals surface area (Å²) < 4.78 is 20.8. The minimum absolute atomic E-state index is 0.102. The Hall–Kier alpha value is -2.76. The third-order valence-electron chi connectivity index (χ3n) is 3.27. The molecule has 22 heavy (non-hydrogen) atoms. The van der Waals surface area contributed by atoms with Gasteiger partial charge >= 0.3 is 0 Å². The summed E-state index contributed by atoms with van der Waals surface area (Å²) in [6.07, 6.45) is 0. The van der Waals surface area contributed by atoms with Gasteiger partial charge in [0, 0.05) is 24.3 Å². The second-order valence-electron chi connectivity index (χ2n) is 4.45. The molecular formula is C16H18O6. The summed E-state index contributed by atoms with van der Waals surface area (Å²) in [7, 11) is 5.90. The number of aromatic hydroxyl groups is 2. The highest BCUT2D eigenvalue weighted by molar-refractivity contribution is 5.86. The van der Waals surface area contributed by atoms with Gasteiger partial charge in [-0.2, -0.15) is 0 Å². The molecule has 6 nitrogen and oxygen atoms in total. The Morgan fingerprint density at radius 2 is 0.955 bits per heavy atom. The lowest BCUT2D eigenvalue weighted by atomic mass is 10.0. The van der Waals surface area contributed by atoms with Crippen molar-refractivity contribution in [3.8, 4) is 45.6 Å². The van der Waals surface area contributed by atoms with Gasteiger partial charge in [-0.25, -0.2) is 0 Å². The first-order chi connectivity index (χ1) is 10.5. The van der Waals surface area contributed by atoms with Crippen LogP contribution in [-0.4, -0.2) is 38.7 Å². The predicted molar refractivity (Wildman–Crippen MR) is 81.4 cm³/mol. The molecule has 0 unspecified atom stereocenters. The molecule has 6 heteroatoms. The van der Waals surface area contributed by atoms with Crippen LogP contribution < -0.4 is 18.9 Å². The Labute approximate surface area is 128 Å². The van der Waals surface area contributed by atoms with Crippen molar-refractivity contribution < 1.29 is 29.2 Å². The number of hydrogen-bond acceptors (Lipinski definition) is 6. The molecule has 0 aliphatic rings. The molecule has 0 fully saturated rings. The quantitative estimate of drug-likeness (QED) is 0.884. The molecule has 0 aliphatic heterocycles. The second kappa shape index (κ2) is 6.34. The molecule has 0 amide bonds. The lowest BCUT2D eigenvalue weighted by Gasteiger charge is -2.17. The van der Waals surface area contributed by atoms with Crippen molar-refractivity contribution in [3.63, 3.8) is 0 Å². The maximum Gasteiger partial charge on any atom is 0.134 e. The van der Waals surface area contributed by atoms with E-state index >= 15 is 0 Å². The van der Waals surface area contributed by atoms with E-state index in [1.54, 1.807) is 12.1 Å². The van der Waals surface area contributed by atoms with Gasteiger partial charge in [0.25, 0.3) is 0 Å². The average Bonchev–Trinajstić information content (AvgIpc) is 2.53. The fraction of sp³-hybridized carbons (Fsp3) is 0.250. The van der Waals surface area contributed by atoms with Crippen LogP contribution in [0.2, 0.25) is 0 Å². The highest BCUT2D eigenvalue weighted by atomic mass is 16.5. The zero-order valence-corrected chi connectivity index (χ0v) is 12.8. The monoisotopic (exact) mass is 306 g/mol. The van der Waals surface area contributed by atoms with Crippen molar-refractivity contribution in [1.82, 2.24) is 0 Å². The SMILES string of the molecule is COc1cc(O)c(-c2c(O)cc(OC)cc2OC)c(OC)c1. The lowest BCUT2D eigenvalue weighted by molar-refractivity contribution is 0.379. The standard InChI is InChI=1S/C16H18O6/c1-19-9-5-11(17)15(13(7-9)21-3)16-12(18)6-10(20-2)8-14(16)22-4/h5-8,17-18H,1-4H3. The van der Waals surface area contributed by atoms with Gasteiger partial charge in [0.15, 0.2) is 0 Å². The number of hydrogen-bond donors (Lipinski definition) is 2. The van der Waals surface area contributed by atoms with Gasteiger partial charge < -0.3 is 29.2 Å². The Morgan fingerprint density at radius 3 is 1.23 bits per heavy atom. The third kappa shape index (κ3) is 2.67. The molecule has 0 atom stereocenters. The molecule has 2 rings (SSSR count). The molecular weight excluding hydrogens is 288 g/mol. The van der Waals surface area contributed by atoms with Gasteiger partial charge in [-0.1, -0.05) is 0 Å². The molecule has 0 saturated heterocycles. The molecule has 0 aromatic heterocycles. The van der Waals surface area contributed by atoms with Crippen molar-refractivity contribution in [2.45, 2.75) is 0 Å². The van der Waals surface area contributed by atoms with Gasteiger partial charge in [0.05, 0.1) is 39.6 Å². The normalized spacial score (nSPS) is 10.2. The van der Waals surface area contributed by atoms with E-state index < -0.39 is 0 Å². The van der Waals surface area contributed by atoms with E-state index in [1.165, 1.54) is 40.6 Å². The van der Waals surface area contributed by atoms with Gasteiger partial charge in [-0.3, -0.25) is 0 Å². The number of phenolic OH excluding ortho intramolecular Hbond substituents is 2. The molecule has 0 radical (unpaired) electrons. The molecule has 0 saturated carbocycles. The minimum atomic E-state index is -0.102. The number of rotatable bonds is 5. The predicted octanol–water partition coefficient (Wildman–Crippen LogP) is 2.80. The molecule has 2 N–H and O–H groups in total. The first kappa shape index (κ1) is 15.6. The van der Waals surface area contributed by atoms with Crippen LogP contribution in [0.1, 0.15) is 0 Å². The summed E-state index contributed by atoms with van der Waals surface area (Å²) in [4.78, 5) is 0. The molecule has 2 aromatic carbocycles. The van der Waals surface area contributed by atoms with Crippen LogP contribution in [0.3, 0.4) is 0 Å². The Morgan fingerprint density at radius 1 is 0.591 bits per heavy atom. The highest BCUT2D eigenvalue weighted by Gasteiger charge is 2.22. The van der Waals surface area contributed by atoms with Gasteiger partial charge in [0.1, 0.15) is 34.5 Å². The van der Waals surface area contributed by atoms with Crippen LogP contribution in [0.4, 0.5) is 0 Å². The summed E-state index contributed by atoms with van der Waals surface area (Å²) in [6.45, 7) is 0. The topological polar surface area (TPSA) is 77.4 Å². The molecule has 0 aliphatic carbocycles. The second-order valence-corrected chi connectivity index (χ2v) is 4.45. The Balaban J connectivity index is 2.76. The summed E-state index contributed by atoms with van der Waals surface area (Å²) in [5.74, 6) is 1.35. The summed E-state index contributed by atoms with van der Waals surface area (Å²) in [5, 5.41) is 20.6. The summed E-state index contributed by atoms with van der Waals surface area (Å²) >= 11 is 0. The number of ether oxygens (including phenoxy) is 4. The number of methoxy groups -OCH3 is 4. The van der Waals surface area contributed by atoms with E-state index in [2.05, 4.69) is 0 Å². The van der Waals surface area contributed by atoms with Crippen molar-refractivity contribution in [2.24, 2.45) is 0 Å². The van der Waals surface area contributed by atoms with E-state index in [-0.39, 0.29) is 11.5 Å². The summed E-state index contributed by atoms with van der Waals surface area (Å²) in [6, 6.07) is 6.08. The van der Waals surface area contributed by atoms with Crippen molar-refractivity contribution in [2.75, 3.05) is 28.4 Å². The van der Waals surface area contributed by atoms with E-state index in [1.807, 2.05) is 0 Å². The number of benzene rings is 2. The third-order valence-corrected chi connectivity index (χ3v) is 3.27. The highest BCUT2D eigenvalue weighted by Crippen LogP contribution is 2.49. The maximum atomic E-state index is 10.3. The van der Waals surface area contributed by atoms with Crippen LogP contribution >= 0.6 is 0 Å². The Kier molecular flexibility index (Phi) is 4.50. The fourth-order valence-corrected chi connectivity index (χ4v) is 2.21. The van der Waals surface area contributed by atoms with Gasteiger partial charge in [-0.05, 0) is 0 Å². The van der Waals surface area contributed by atoms with Crippen LogP contribution in [-0.2, 0) is 0 Å². The molecule has 0 heterocycles. The molecule has 0 spiro atoms. The van der Waals surface area contributed by atoms with Crippen LogP contribution in [0.15, 0.2) is 24.3 Å². The molecule has 118 valence electrons. The van der Waals surface area contributed by atoms with Gasteiger partial charge in [-0.15, -0.1) is 0 Å². The van der Waals surface area contributed by atoms with Crippen LogP contribution in [0.25, 0.3) is 11.1 Å². The van der Waals surface area contributed by atoms with Crippen molar-refractivity contribution in [1.29, 1.82) is 0 Å². The van der Waals surface area contributed by atoms with Gasteiger partial charge in [0.2, 0.25) is 0 Å². The zero-order chi connectivity index (χ0) is 16.3. The van der Waals surface area contributed by atoms with Crippen LogP contribution in [0.5, 0.6) is 34.5 Å². The van der Waals surface area contributed by atoms with E-state index in [9.17, 15) is 10.2 Å².